The van der Waals surface area contributed by atoms with Crippen molar-refractivity contribution in [1.82, 2.24) is 19.6 Å². The van der Waals surface area contributed by atoms with Crippen LogP contribution >= 0.6 is 0 Å². The molecular formula is C14H14N6O2. The van der Waals surface area contributed by atoms with Crippen molar-refractivity contribution in [3.63, 3.8) is 0 Å². The van der Waals surface area contributed by atoms with Crippen molar-refractivity contribution in [1.29, 1.82) is 0 Å². The van der Waals surface area contributed by atoms with E-state index in [2.05, 4.69) is 20.5 Å². The molecule has 2 aromatic heterocycles. The quantitative estimate of drug-likeness (QED) is 0.770. The van der Waals surface area contributed by atoms with Crippen molar-refractivity contribution in [2.24, 2.45) is 0 Å². The first-order chi connectivity index (χ1) is 10.6. The molecule has 2 N–H and O–H groups in total. The summed E-state index contributed by atoms with van der Waals surface area (Å²) < 4.78 is 1.54. The highest BCUT2D eigenvalue weighted by atomic mass is 16.4. The van der Waals surface area contributed by atoms with Gasteiger partial charge in [-0.2, -0.15) is 0 Å². The minimum absolute atomic E-state index is 0.129. The molecule has 112 valence electrons. The smallest absolute Gasteiger partial charge is 0.411 e. The van der Waals surface area contributed by atoms with Gasteiger partial charge in [-0.15, -0.1) is 10.2 Å². The minimum Gasteiger partial charge on any atom is -0.465 e. The zero-order chi connectivity index (χ0) is 15.7. The summed E-state index contributed by atoms with van der Waals surface area (Å²) in [5.41, 5.74) is 2.55. The standard InChI is InChI=1S/C14H14N6O2/c1-9-4-3-5-10(8-9)19(2)11-12-17-18-13(16-14(21)22)20(12)7-6-15-11/h3-8H,1-2H3,(H,16,18)(H,21,22). The molecular weight excluding hydrogens is 284 g/mol. The third-order valence-corrected chi connectivity index (χ3v) is 3.23. The maximum absolute atomic E-state index is 10.8. The number of fused-ring (bicyclic) bond motifs is 1. The molecule has 1 aromatic carbocycles. The molecule has 3 rings (SSSR count). The second-order valence-corrected chi connectivity index (χ2v) is 4.80. The molecule has 0 fully saturated rings. The van der Waals surface area contributed by atoms with Gasteiger partial charge in [0, 0.05) is 25.1 Å². The monoisotopic (exact) mass is 298 g/mol. The van der Waals surface area contributed by atoms with Gasteiger partial charge in [-0.1, -0.05) is 12.1 Å². The Morgan fingerprint density at radius 2 is 2.18 bits per heavy atom. The van der Waals surface area contributed by atoms with Crippen LogP contribution in [0.15, 0.2) is 36.7 Å². The fourth-order valence-electron chi connectivity index (χ4n) is 2.19. The van der Waals surface area contributed by atoms with E-state index in [4.69, 9.17) is 5.11 Å². The normalized spacial score (nSPS) is 10.6. The number of aryl methyl sites for hydroxylation is 1. The highest BCUT2D eigenvalue weighted by Crippen LogP contribution is 2.26. The van der Waals surface area contributed by atoms with Crippen LogP contribution in [0.4, 0.5) is 22.2 Å². The second kappa shape index (κ2) is 5.32. The van der Waals surface area contributed by atoms with E-state index in [0.29, 0.717) is 11.5 Å². The van der Waals surface area contributed by atoms with Gasteiger partial charge in [0.25, 0.3) is 0 Å². The van der Waals surface area contributed by atoms with Crippen LogP contribution in [0.5, 0.6) is 0 Å². The van der Waals surface area contributed by atoms with E-state index >= 15 is 0 Å². The highest BCUT2D eigenvalue weighted by Gasteiger charge is 2.15. The zero-order valence-electron chi connectivity index (χ0n) is 12.1. The molecule has 0 aliphatic heterocycles. The number of carbonyl (C=O) groups is 1. The summed E-state index contributed by atoms with van der Waals surface area (Å²) in [5, 5.41) is 18.9. The van der Waals surface area contributed by atoms with E-state index in [1.54, 1.807) is 16.8 Å². The number of anilines is 3. The molecule has 0 bridgehead atoms. The maximum Gasteiger partial charge on any atom is 0.411 e. The molecule has 2 heterocycles. The molecule has 1 amide bonds. The predicted octanol–water partition coefficient (Wildman–Crippen LogP) is 2.29. The van der Waals surface area contributed by atoms with Crippen molar-refractivity contribution < 1.29 is 9.90 Å². The van der Waals surface area contributed by atoms with Crippen LogP contribution in [0.25, 0.3) is 5.65 Å². The first-order valence-electron chi connectivity index (χ1n) is 6.56. The lowest BCUT2D eigenvalue weighted by Gasteiger charge is -2.18. The molecule has 0 radical (unpaired) electrons. The first-order valence-corrected chi connectivity index (χ1v) is 6.56. The van der Waals surface area contributed by atoms with Crippen LogP contribution in [0.3, 0.4) is 0 Å². The SMILES string of the molecule is Cc1cccc(N(C)c2nccn3c(NC(=O)O)nnc23)c1. The fraction of sp³-hybridized carbons (Fsp3) is 0.143. The molecule has 0 unspecified atom stereocenters. The third-order valence-electron chi connectivity index (χ3n) is 3.23. The van der Waals surface area contributed by atoms with Gasteiger partial charge in [-0.3, -0.25) is 9.72 Å². The molecule has 0 saturated heterocycles. The molecule has 0 aliphatic carbocycles. The summed E-state index contributed by atoms with van der Waals surface area (Å²) in [4.78, 5) is 17.0. The van der Waals surface area contributed by atoms with Crippen molar-refractivity contribution in [3.8, 4) is 0 Å². The van der Waals surface area contributed by atoms with Gasteiger partial charge in [-0.25, -0.2) is 9.78 Å². The van der Waals surface area contributed by atoms with Gasteiger partial charge < -0.3 is 10.0 Å². The molecule has 8 nitrogen and oxygen atoms in total. The fourth-order valence-corrected chi connectivity index (χ4v) is 2.19. The van der Waals surface area contributed by atoms with Crippen molar-refractivity contribution in [2.45, 2.75) is 6.92 Å². The highest BCUT2D eigenvalue weighted by molar-refractivity contribution is 5.82. The Labute approximate surface area is 126 Å². The third kappa shape index (κ3) is 2.41. The summed E-state index contributed by atoms with van der Waals surface area (Å²) in [6.07, 6.45) is 1.99. The average Bonchev–Trinajstić information content (AvgIpc) is 2.89. The van der Waals surface area contributed by atoms with E-state index in [0.717, 1.165) is 11.3 Å². The number of nitrogens with one attached hydrogen (secondary N) is 1. The van der Waals surface area contributed by atoms with E-state index in [1.165, 1.54) is 0 Å². The number of hydrogen-bond donors (Lipinski definition) is 2. The van der Waals surface area contributed by atoms with Crippen LogP contribution in [0.2, 0.25) is 0 Å². The van der Waals surface area contributed by atoms with Crippen molar-refractivity contribution >= 4 is 29.2 Å². The topological polar surface area (TPSA) is 95.7 Å². The Hall–Kier alpha value is -3.16. The lowest BCUT2D eigenvalue weighted by Crippen LogP contribution is -2.14. The molecule has 0 saturated carbocycles. The summed E-state index contributed by atoms with van der Waals surface area (Å²) in [7, 11) is 1.87. The first kappa shape index (κ1) is 13.8. The summed E-state index contributed by atoms with van der Waals surface area (Å²) in [6, 6.07) is 7.96. The predicted molar refractivity (Wildman–Crippen MR) is 81.7 cm³/mol. The van der Waals surface area contributed by atoms with Crippen LogP contribution in [0, 0.1) is 6.92 Å². The summed E-state index contributed by atoms with van der Waals surface area (Å²) in [6.45, 7) is 2.01. The van der Waals surface area contributed by atoms with Crippen LogP contribution < -0.4 is 10.2 Å². The molecule has 22 heavy (non-hydrogen) atoms. The second-order valence-electron chi connectivity index (χ2n) is 4.80. The Kier molecular flexibility index (Phi) is 3.34. The van der Waals surface area contributed by atoms with E-state index in [-0.39, 0.29) is 5.95 Å². The van der Waals surface area contributed by atoms with Gasteiger partial charge in [0.2, 0.25) is 11.6 Å². The Morgan fingerprint density at radius 1 is 1.36 bits per heavy atom. The number of rotatable bonds is 3. The molecule has 3 aromatic rings. The van der Waals surface area contributed by atoms with Crippen molar-refractivity contribution in [3.05, 3.63) is 42.2 Å². The number of hydrogen-bond acceptors (Lipinski definition) is 5. The van der Waals surface area contributed by atoms with Crippen LogP contribution in [0.1, 0.15) is 5.56 Å². The average molecular weight is 298 g/mol. The van der Waals surface area contributed by atoms with E-state index < -0.39 is 6.09 Å². The van der Waals surface area contributed by atoms with Gasteiger partial charge >= 0.3 is 6.09 Å². The molecule has 0 spiro atoms. The van der Waals surface area contributed by atoms with Crippen LogP contribution in [-0.2, 0) is 0 Å². The summed E-state index contributed by atoms with van der Waals surface area (Å²) >= 11 is 0. The van der Waals surface area contributed by atoms with Gasteiger partial charge in [0.1, 0.15) is 0 Å². The van der Waals surface area contributed by atoms with Gasteiger partial charge in [-0.05, 0) is 24.6 Å². The molecule has 0 aliphatic rings. The van der Waals surface area contributed by atoms with Crippen molar-refractivity contribution in [2.75, 3.05) is 17.3 Å². The minimum atomic E-state index is -1.19. The number of aromatic nitrogens is 4. The molecule has 8 heteroatoms. The van der Waals surface area contributed by atoms with Crippen LogP contribution in [-0.4, -0.2) is 37.8 Å². The maximum atomic E-state index is 10.8. The van der Waals surface area contributed by atoms with E-state index in [1.807, 2.05) is 43.1 Å². The summed E-state index contributed by atoms with van der Waals surface area (Å²) in [5.74, 6) is 0.711. The van der Waals surface area contributed by atoms with Gasteiger partial charge in [0.05, 0.1) is 0 Å². The lowest BCUT2D eigenvalue weighted by molar-refractivity contribution is 0.209. The lowest BCUT2D eigenvalue weighted by atomic mass is 10.2. The Balaban J connectivity index is 2.07. The number of nitrogens with zero attached hydrogens (tertiary/aromatic N) is 5. The largest absolute Gasteiger partial charge is 0.465 e. The Morgan fingerprint density at radius 3 is 2.91 bits per heavy atom. The number of benzene rings is 1. The molecule has 0 atom stereocenters. The number of amides is 1. The van der Waals surface area contributed by atoms with E-state index in [9.17, 15) is 4.79 Å². The number of carboxylic acid groups (broad SMARTS) is 1. The zero-order valence-corrected chi connectivity index (χ0v) is 12.1. The Bertz CT molecular complexity index is 844. The van der Waals surface area contributed by atoms with Gasteiger partial charge in [0.15, 0.2) is 5.82 Å².